The van der Waals surface area contributed by atoms with Gasteiger partial charge in [0, 0.05) is 17.7 Å². The van der Waals surface area contributed by atoms with Crippen LogP contribution in [-0.4, -0.2) is 11.5 Å². The third kappa shape index (κ3) is 3.71. The first-order chi connectivity index (χ1) is 14.8. The molecule has 0 unspecified atom stereocenters. The number of rotatable bonds is 4. The molecule has 1 aliphatic heterocycles. The average molecular weight is 450 g/mol. The fourth-order valence-electron chi connectivity index (χ4n) is 4.68. The van der Waals surface area contributed by atoms with Crippen LogP contribution in [0.15, 0.2) is 62.6 Å². The van der Waals surface area contributed by atoms with Gasteiger partial charge in [-0.25, -0.2) is 0 Å². The van der Waals surface area contributed by atoms with Crippen molar-refractivity contribution in [3.05, 3.63) is 69.5 Å². The van der Waals surface area contributed by atoms with Crippen molar-refractivity contribution < 1.29 is 4.79 Å². The third-order valence-corrected chi connectivity index (χ3v) is 8.13. The highest BCUT2D eigenvalue weighted by Crippen LogP contribution is 2.52. The maximum atomic E-state index is 13.6. The van der Waals surface area contributed by atoms with Crippen LogP contribution in [0.4, 0.5) is 5.69 Å². The molecule has 0 fully saturated rings. The minimum Gasteiger partial charge on any atom is -0.384 e. The molecule has 2 heterocycles. The second-order valence-electron chi connectivity index (χ2n) is 8.86. The Hall–Kier alpha value is -2.49. The zero-order valence-electron chi connectivity index (χ0n) is 18.4. The molecule has 2 aliphatic rings. The maximum Gasteiger partial charge on any atom is 0.162 e. The summed E-state index contributed by atoms with van der Waals surface area (Å²) < 4.78 is 1.15. The van der Waals surface area contributed by atoms with Gasteiger partial charge in [0.1, 0.15) is 5.82 Å². The Morgan fingerprint density at radius 2 is 2.03 bits per heavy atom. The number of benzene rings is 1. The molecule has 4 rings (SSSR count). The number of nitrogens with zero attached hydrogens (tertiary/aromatic N) is 2. The summed E-state index contributed by atoms with van der Waals surface area (Å²) in [4.78, 5) is 15.6. The van der Waals surface area contributed by atoms with Crippen LogP contribution in [0.5, 0.6) is 0 Å². The number of thiophene rings is 1. The number of para-hydroxylation sites is 1. The molecule has 2 N–H and O–H groups in total. The summed E-state index contributed by atoms with van der Waals surface area (Å²) >= 11 is 3.42. The van der Waals surface area contributed by atoms with E-state index in [9.17, 15) is 10.1 Å². The number of nitriles is 1. The summed E-state index contributed by atoms with van der Waals surface area (Å²) in [5.74, 6) is 1.09. The molecular weight excluding hydrogens is 422 g/mol. The molecule has 2 aromatic rings. The molecular formula is C25H27N3OS2. The zero-order chi connectivity index (χ0) is 22.3. The molecule has 6 heteroatoms. The van der Waals surface area contributed by atoms with Crippen LogP contribution in [0.3, 0.4) is 0 Å². The average Bonchev–Trinajstić information content (AvgIpc) is 3.15. The lowest BCUT2D eigenvalue weighted by Crippen LogP contribution is -2.42. The minimum absolute atomic E-state index is 0.119. The Balaban J connectivity index is 2.01. The lowest BCUT2D eigenvalue weighted by molar-refractivity contribution is -0.118. The standard InChI is InChI=1S/C25H27N3OS2/c1-5-30-24-16(10-11-31-24)21-17(14-26)23(27)28(18-9-7-6-8-15(18)2)19-12-25(3,4)13-20(29)22(19)21/h6-11,21H,5,12-13,27H2,1-4H3/t21-/m1/s1. The van der Waals surface area contributed by atoms with Crippen molar-refractivity contribution in [1.82, 2.24) is 0 Å². The normalized spacial score (nSPS) is 20.7. The van der Waals surface area contributed by atoms with Crippen LogP contribution in [0.1, 0.15) is 50.7 Å². The Bertz CT molecular complexity index is 1150. The van der Waals surface area contributed by atoms with Gasteiger partial charge in [0.2, 0.25) is 0 Å². The number of anilines is 1. The number of ketones is 1. The Morgan fingerprint density at radius 1 is 1.29 bits per heavy atom. The molecule has 1 aromatic heterocycles. The van der Waals surface area contributed by atoms with Crippen molar-refractivity contribution in [2.75, 3.05) is 10.7 Å². The second kappa shape index (κ2) is 8.22. The highest BCUT2D eigenvalue weighted by Gasteiger charge is 2.45. The molecule has 0 radical (unpaired) electrons. The van der Waals surface area contributed by atoms with Crippen molar-refractivity contribution in [3.63, 3.8) is 0 Å². The number of nitrogens with two attached hydrogens (primary N) is 1. The monoisotopic (exact) mass is 449 g/mol. The second-order valence-corrected chi connectivity index (χ2v) is 11.3. The smallest absolute Gasteiger partial charge is 0.162 e. The van der Waals surface area contributed by atoms with Gasteiger partial charge in [-0.3, -0.25) is 9.69 Å². The molecule has 4 nitrogen and oxygen atoms in total. The number of aryl methyl sites for hydroxylation is 1. The number of hydrogen-bond donors (Lipinski definition) is 1. The zero-order valence-corrected chi connectivity index (χ0v) is 20.0. The summed E-state index contributed by atoms with van der Waals surface area (Å²) in [6, 6.07) is 12.4. The van der Waals surface area contributed by atoms with Gasteiger partial charge in [-0.05, 0) is 53.2 Å². The van der Waals surface area contributed by atoms with Crippen molar-refractivity contribution >= 4 is 34.6 Å². The van der Waals surface area contributed by atoms with Crippen molar-refractivity contribution in [3.8, 4) is 6.07 Å². The lowest BCUT2D eigenvalue weighted by atomic mass is 9.69. The molecule has 1 atom stereocenters. The van der Waals surface area contributed by atoms with E-state index in [1.807, 2.05) is 41.5 Å². The van der Waals surface area contributed by atoms with Gasteiger partial charge in [0.05, 0.1) is 27.5 Å². The van der Waals surface area contributed by atoms with Crippen LogP contribution in [0, 0.1) is 23.7 Å². The van der Waals surface area contributed by atoms with Gasteiger partial charge in [0.25, 0.3) is 0 Å². The molecule has 0 amide bonds. The van der Waals surface area contributed by atoms with E-state index in [0.29, 0.717) is 17.8 Å². The number of allylic oxidation sites excluding steroid dienone is 3. The number of hydrogen-bond acceptors (Lipinski definition) is 6. The van der Waals surface area contributed by atoms with Crippen molar-refractivity contribution in [2.24, 2.45) is 11.1 Å². The Kier molecular flexibility index (Phi) is 5.76. The maximum absolute atomic E-state index is 13.6. The van der Waals surface area contributed by atoms with E-state index in [1.54, 1.807) is 23.1 Å². The highest BCUT2D eigenvalue weighted by atomic mass is 32.2. The summed E-state index contributed by atoms with van der Waals surface area (Å²) in [6.45, 7) is 8.40. The largest absolute Gasteiger partial charge is 0.384 e. The Labute approximate surface area is 192 Å². The van der Waals surface area contributed by atoms with E-state index in [-0.39, 0.29) is 11.2 Å². The van der Waals surface area contributed by atoms with E-state index in [4.69, 9.17) is 5.73 Å². The first kappa shape index (κ1) is 21.7. The van der Waals surface area contributed by atoms with Crippen LogP contribution in [-0.2, 0) is 4.79 Å². The summed E-state index contributed by atoms with van der Waals surface area (Å²) in [5.41, 5.74) is 11.7. The first-order valence-corrected chi connectivity index (χ1v) is 12.4. The van der Waals surface area contributed by atoms with Gasteiger partial charge >= 0.3 is 0 Å². The number of carbonyl (C=O) groups excluding carboxylic acids is 1. The topological polar surface area (TPSA) is 70.1 Å². The molecule has 0 bridgehead atoms. The molecule has 31 heavy (non-hydrogen) atoms. The van der Waals surface area contributed by atoms with E-state index >= 15 is 0 Å². The summed E-state index contributed by atoms with van der Waals surface area (Å²) in [6.07, 6.45) is 1.21. The lowest BCUT2D eigenvalue weighted by Gasteiger charge is -2.44. The first-order valence-electron chi connectivity index (χ1n) is 10.5. The molecule has 0 saturated carbocycles. The van der Waals surface area contributed by atoms with Gasteiger partial charge in [-0.2, -0.15) is 5.26 Å². The summed E-state index contributed by atoms with van der Waals surface area (Å²) in [7, 11) is 0. The van der Waals surface area contributed by atoms with Crippen LogP contribution >= 0.6 is 23.1 Å². The van der Waals surface area contributed by atoms with Crippen LogP contribution in [0.25, 0.3) is 0 Å². The number of Topliss-reactive ketones (excluding diaryl/α,β-unsaturated/α-hetero) is 1. The van der Waals surface area contributed by atoms with E-state index in [0.717, 1.165) is 44.5 Å². The molecule has 1 aromatic carbocycles. The van der Waals surface area contributed by atoms with E-state index < -0.39 is 5.92 Å². The van der Waals surface area contributed by atoms with Gasteiger partial charge < -0.3 is 5.73 Å². The van der Waals surface area contributed by atoms with Crippen molar-refractivity contribution in [1.29, 1.82) is 5.26 Å². The van der Waals surface area contributed by atoms with Gasteiger partial charge in [-0.1, -0.05) is 39.0 Å². The predicted molar refractivity (Wildman–Crippen MR) is 129 cm³/mol. The van der Waals surface area contributed by atoms with Crippen LogP contribution < -0.4 is 10.6 Å². The quantitative estimate of drug-likeness (QED) is 0.570. The fourth-order valence-corrected chi connectivity index (χ4v) is 6.74. The fraction of sp³-hybridized carbons (Fsp3) is 0.360. The minimum atomic E-state index is -0.399. The van der Waals surface area contributed by atoms with Gasteiger partial charge in [-0.15, -0.1) is 23.1 Å². The highest BCUT2D eigenvalue weighted by molar-refractivity contribution is 8.01. The number of carbonyl (C=O) groups is 1. The van der Waals surface area contributed by atoms with E-state index in [2.05, 4.69) is 32.9 Å². The predicted octanol–water partition coefficient (Wildman–Crippen LogP) is 6.11. The van der Waals surface area contributed by atoms with Crippen molar-refractivity contribution in [2.45, 2.75) is 50.7 Å². The molecule has 0 saturated heterocycles. The Morgan fingerprint density at radius 3 is 2.71 bits per heavy atom. The third-order valence-electron chi connectivity index (χ3n) is 5.98. The SMILES string of the molecule is CCSc1sccc1[C@@H]1C(C#N)=C(N)N(c2ccccc2C)C2=C1C(=O)CC(C)(C)C2. The van der Waals surface area contributed by atoms with Gasteiger partial charge in [0.15, 0.2) is 5.78 Å². The molecule has 1 aliphatic carbocycles. The molecule has 0 spiro atoms. The van der Waals surface area contributed by atoms with E-state index in [1.165, 1.54) is 0 Å². The van der Waals surface area contributed by atoms with Crippen LogP contribution in [0.2, 0.25) is 0 Å². The number of thioether (sulfide) groups is 1. The summed E-state index contributed by atoms with van der Waals surface area (Å²) in [5, 5.41) is 12.3. The molecule has 160 valence electrons.